The van der Waals surface area contributed by atoms with Gasteiger partial charge >= 0.3 is 5.97 Å². The lowest BCUT2D eigenvalue weighted by molar-refractivity contribution is -0.126. The predicted molar refractivity (Wildman–Crippen MR) is 156 cm³/mol. The Bertz CT molecular complexity index is 1680. The quantitative estimate of drug-likeness (QED) is 0.126. The Kier molecular flexibility index (Phi) is 9.53. The minimum absolute atomic E-state index is 0.0555. The summed E-state index contributed by atoms with van der Waals surface area (Å²) >= 11 is 0. The molecule has 2 aromatic carbocycles. The fourth-order valence-electron chi connectivity index (χ4n) is 4.65. The summed E-state index contributed by atoms with van der Waals surface area (Å²) < 4.78 is 5.84. The predicted octanol–water partition coefficient (Wildman–Crippen LogP) is 3.51. The lowest BCUT2D eigenvalue weighted by Gasteiger charge is -2.17. The second kappa shape index (κ2) is 13.4. The second-order valence-corrected chi connectivity index (χ2v) is 9.68. The highest BCUT2D eigenvalue weighted by molar-refractivity contribution is 6.09. The molecule has 0 atom stereocenters. The number of hydrogen-bond acceptors (Lipinski definition) is 7. The molecule has 1 heterocycles. The van der Waals surface area contributed by atoms with E-state index in [1.54, 1.807) is 25.1 Å². The number of phenolic OH excluding ortho intramolecular Hbond substituents is 1. The maximum atomic E-state index is 12.8. The van der Waals surface area contributed by atoms with Crippen LogP contribution < -0.4 is 21.4 Å². The normalized spacial score (nSPS) is 10.9. The van der Waals surface area contributed by atoms with Crippen molar-refractivity contribution in [3.63, 3.8) is 0 Å². The molecule has 218 valence electrons. The molecular weight excluding hydrogens is 542 g/mol. The largest absolute Gasteiger partial charge is 0.508 e. The molecule has 42 heavy (non-hydrogen) atoms. The highest BCUT2D eigenvalue weighted by atomic mass is 16.4. The van der Waals surface area contributed by atoms with Gasteiger partial charge in [0.05, 0.1) is 12.1 Å². The number of amides is 3. The molecule has 4 rings (SSSR count). The summed E-state index contributed by atoms with van der Waals surface area (Å²) in [7, 11) is 0. The van der Waals surface area contributed by atoms with E-state index in [1.165, 1.54) is 36.4 Å². The number of carbonyl (C=O) groups is 4. The van der Waals surface area contributed by atoms with Gasteiger partial charge in [0.15, 0.2) is 5.43 Å². The van der Waals surface area contributed by atoms with Gasteiger partial charge in [-0.05, 0) is 61.7 Å². The van der Waals surface area contributed by atoms with E-state index in [9.17, 15) is 34.2 Å². The van der Waals surface area contributed by atoms with Gasteiger partial charge in [0.1, 0.15) is 17.1 Å². The first kappa shape index (κ1) is 29.8. The summed E-state index contributed by atoms with van der Waals surface area (Å²) in [5.41, 5.74) is 1.34. The zero-order chi connectivity index (χ0) is 30.2. The number of rotatable bonds is 12. The molecule has 0 radical (unpaired) electrons. The third-order valence-corrected chi connectivity index (χ3v) is 6.64. The number of aromatic carboxylic acids is 1. The molecule has 0 unspecified atom stereocenters. The molecule has 11 nitrogen and oxygen atoms in total. The van der Waals surface area contributed by atoms with E-state index < -0.39 is 11.9 Å². The maximum Gasteiger partial charge on any atom is 0.336 e. The lowest BCUT2D eigenvalue weighted by atomic mass is 9.90. The SMILES string of the molecule is CCNC(=O)CNC(=O)CCCCCNC(=O)c1ccc(-c2c3ccc(=O)cc-3oc3cc(O)ccc23)c(C(=O)O)c1. The first-order chi connectivity index (χ1) is 20.2. The molecule has 0 saturated carbocycles. The highest BCUT2D eigenvalue weighted by Crippen LogP contribution is 2.42. The minimum atomic E-state index is -1.24. The summed E-state index contributed by atoms with van der Waals surface area (Å²) in [6.45, 7) is 2.57. The van der Waals surface area contributed by atoms with Crippen molar-refractivity contribution in [2.75, 3.05) is 19.6 Å². The van der Waals surface area contributed by atoms with Crippen molar-refractivity contribution in [2.24, 2.45) is 0 Å². The standard InChI is InChI=1S/C31H31N3O8/c1-2-32-28(38)17-34-27(37)6-4-3-5-13-33-30(39)18-7-10-21(24(14-18)31(40)41)29-22-11-8-19(35)15-25(22)42-26-16-20(36)9-12-23(26)29/h7-12,14-16,35H,2-6,13,17H2,1H3,(H,32,38)(H,33,39)(H,34,37)(H,40,41). The van der Waals surface area contributed by atoms with Crippen LogP contribution >= 0.6 is 0 Å². The Labute approximate surface area is 240 Å². The summed E-state index contributed by atoms with van der Waals surface area (Å²) in [5, 5.41) is 28.5. The van der Waals surface area contributed by atoms with Gasteiger partial charge in [-0.25, -0.2) is 4.79 Å². The highest BCUT2D eigenvalue weighted by Gasteiger charge is 2.23. The Morgan fingerprint density at radius 1 is 0.833 bits per heavy atom. The van der Waals surface area contributed by atoms with E-state index >= 15 is 0 Å². The number of unbranched alkanes of at least 4 members (excludes halogenated alkanes) is 2. The van der Waals surface area contributed by atoms with Gasteiger partial charge in [0.25, 0.3) is 5.91 Å². The van der Waals surface area contributed by atoms with Crippen LogP contribution in [0.3, 0.4) is 0 Å². The van der Waals surface area contributed by atoms with Crippen LogP contribution in [0.2, 0.25) is 0 Å². The van der Waals surface area contributed by atoms with E-state index in [-0.39, 0.29) is 58.4 Å². The number of likely N-dealkylation sites (N-methyl/N-ethyl adjacent to an activating group) is 1. The Morgan fingerprint density at radius 2 is 1.62 bits per heavy atom. The van der Waals surface area contributed by atoms with E-state index in [4.69, 9.17) is 4.42 Å². The van der Waals surface area contributed by atoms with Crippen molar-refractivity contribution in [3.05, 3.63) is 75.9 Å². The zero-order valence-electron chi connectivity index (χ0n) is 23.0. The van der Waals surface area contributed by atoms with E-state index in [1.807, 2.05) is 0 Å². The van der Waals surface area contributed by atoms with Crippen molar-refractivity contribution in [3.8, 4) is 28.2 Å². The van der Waals surface area contributed by atoms with Crippen LogP contribution in [0.4, 0.5) is 0 Å². The van der Waals surface area contributed by atoms with Crippen LogP contribution in [-0.2, 0) is 9.59 Å². The monoisotopic (exact) mass is 573 g/mol. The average Bonchev–Trinajstić information content (AvgIpc) is 2.96. The molecule has 0 aromatic heterocycles. The first-order valence-corrected chi connectivity index (χ1v) is 13.6. The fraction of sp³-hybridized carbons (Fsp3) is 0.258. The molecule has 1 aliphatic carbocycles. The Hall–Kier alpha value is -5.19. The molecule has 0 spiro atoms. The summed E-state index contributed by atoms with van der Waals surface area (Å²) in [6, 6.07) is 13.0. The molecule has 3 amide bonds. The Morgan fingerprint density at radius 3 is 2.38 bits per heavy atom. The van der Waals surface area contributed by atoms with Crippen LogP contribution in [0.5, 0.6) is 5.75 Å². The van der Waals surface area contributed by atoms with E-state index in [0.29, 0.717) is 54.4 Å². The van der Waals surface area contributed by atoms with E-state index in [0.717, 1.165) is 0 Å². The number of nitrogens with one attached hydrogen (secondary N) is 3. The van der Waals surface area contributed by atoms with Gasteiger partial charge in [-0.3, -0.25) is 19.2 Å². The van der Waals surface area contributed by atoms with Crippen LogP contribution in [0.25, 0.3) is 33.4 Å². The van der Waals surface area contributed by atoms with Gasteiger partial charge in [0, 0.05) is 53.7 Å². The lowest BCUT2D eigenvalue weighted by Crippen LogP contribution is -2.36. The molecule has 0 fully saturated rings. The van der Waals surface area contributed by atoms with Crippen molar-refractivity contribution >= 4 is 34.7 Å². The second-order valence-electron chi connectivity index (χ2n) is 9.68. The smallest absolute Gasteiger partial charge is 0.336 e. The zero-order valence-corrected chi connectivity index (χ0v) is 23.0. The van der Waals surface area contributed by atoms with Crippen LogP contribution in [0, 0.1) is 0 Å². The maximum absolute atomic E-state index is 12.8. The number of carbonyl (C=O) groups excluding carboxylic acids is 3. The minimum Gasteiger partial charge on any atom is -0.508 e. The molecular formula is C31H31N3O8. The molecule has 0 bridgehead atoms. The third kappa shape index (κ3) is 7.11. The van der Waals surface area contributed by atoms with Gasteiger partial charge < -0.3 is 30.6 Å². The number of hydrogen-bond donors (Lipinski definition) is 5. The number of fused-ring (bicyclic) bond motifs is 2. The number of aromatic hydroxyl groups is 1. The molecule has 1 aliphatic heterocycles. The molecule has 2 aliphatic rings. The van der Waals surface area contributed by atoms with Gasteiger partial charge in [-0.1, -0.05) is 12.5 Å². The third-order valence-electron chi connectivity index (χ3n) is 6.64. The number of carboxylic acids is 1. The van der Waals surface area contributed by atoms with Crippen molar-refractivity contribution < 1.29 is 33.8 Å². The van der Waals surface area contributed by atoms with Gasteiger partial charge in [-0.15, -0.1) is 0 Å². The first-order valence-electron chi connectivity index (χ1n) is 13.6. The fourth-order valence-corrected chi connectivity index (χ4v) is 4.65. The van der Waals surface area contributed by atoms with Crippen LogP contribution in [0.1, 0.15) is 53.3 Å². The average molecular weight is 574 g/mol. The van der Waals surface area contributed by atoms with Gasteiger partial charge in [0.2, 0.25) is 11.8 Å². The topological polar surface area (TPSA) is 175 Å². The van der Waals surface area contributed by atoms with Crippen LogP contribution in [0.15, 0.2) is 63.8 Å². The van der Waals surface area contributed by atoms with Crippen molar-refractivity contribution in [1.82, 2.24) is 16.0 Å². The van der Waals surface area contributed by atoms with Crippen molar-refractivity contribution in [1.29, 1.82) is 0 Å². The molecule has 2 aromatic rings. The summed E-state index contributed by atoms with van der Waals surface area (Å²) in [5.74, 6) is -1.97. The molecule has 5 N–H and O–H groups in total. The molecule has 11 heteroatoms. The molecule has 0 saturated heterocycles. The van der Waals surface area contributed by atoms with Crippen molar-refractivity contribution in [2.45, 2.75) is 32.6 Å². The van der Waals surface area contributed by atoms with Gasteiger partial charge in [-0.2, -0.15) is 0 Å². The van der Waals surface area contributed by atoms with E-state index in [2.05, 4.69) is 16.0 Å². The number of benzene rings is 3. The summed E-state index contributed by atoms with van der Waals surface area (Å²) in [6.07, 6.45) is 2.14. The Balaban J connectivity index is 1.46. The number of carboxylic acid groups (broad SMARTS) is 1. The summed E-state index contributed by atoms with van der Waals surface area (Å²) in [4.78, 5) is 60.4. The number of phenols is 1. The van der Waals surface area contributed by atoms with Crippen LogP contribution in [-0.4, -0.2) is 53.5 Å².